The van der Waals surface area contributed by atoms with Crippen molar-refractivity contribution >= 4 is 28.5 Å². The molecule has 0 saturated carbocycles. The molecule has 2 nitrogen and oxygen atoms in total. The maximum Gasteiger partial charge on any atom is 0.159 e. The minimum absolute atomic E-state index is 0.538. The first-order valence-corrected chi connectivity index (χ1v) is 9.84. The lowest BCUT2D eigenvalue weighted by atomic mass is 10.1. The van der Waals surface area contributed by atoms with Gasteiger partial charge in [-0.2, -0.15) is 0 Å². The Labute approximate surface area is 177 Å². The molecule has 0 bridgehead atoms. The van der Waals surface area contributed by atoms with Crippen molar-refractivity contribution in [3.8, 4) is 0 Å². The van der Waals surface area contributed by atoms with Crippen molar-refractivity contribution in [1.29, 1.82) is 0 Å². The SMILES string of the molecule is C=C/C(=C\C=C/C)C(=C)N=C(N=C)c1ccc(Br)cc1.CCc1ccccc1. The zero-order valence-electron chi connectivity index (χ0n) is 16.6. The summed E-state index contributed by atoms with van der Waals surface area (Å²) in [5.41, 5.74) is 3.75. The maximum atomic E-state index is 4.42. The first-order chi connectivity index (χ1) is 13.5. The number of hydrogen-bond acceptors (Lipinski definition) is 1. The van der Waals surface area contributed by atoms with Crippen LogP contribution in [0.15, 0.2) is 118 Å². The summed E-state index contributed by atoms with van der Waals surface area (Å²) in [6.45, 7) is 15.4. The molecule has 2 aromatic rings. The highest BCUT2D eigenvalue weighted by Crippen LogP contribution is 2.16. The van der Waals surface area contributed by atoms with Crippen LogP contribution in [0.25, 0.3) is 0 Å². The van der Waals surface area contributed by atoms with Crippen LogP contribution >= 0.6 is 15.9 Å². The van der Waals surface area contributed by atoms with Crippen LogP contribution in [0.5, 0.6) is 0 Å². The van der Waals surface area contributed by atoms with Gasteiger partial charge < -0.3 is 0 Å². The fraction of sp³-hybridized carbons (Fsp3) is 0.120. The van der Waals surface area contributed by atoms with Gasteiger partial charge in [-0.3, -0.25) is 0 Å². The molecule has 28 heavy (non-hydrogen) atoms. The molecule has 0 unspecified atom stereocenters. The fourth-order valence-electron chi connectivity index (χ4n) is 2.18. The van der Waals surface area contributed by atoms with Crippen LogP contribution < -0.4 is 0 Å². The summed E-state index contributed by atoms with van der Waals surface area (Å²) < 4.78 is 1.00. The third kappa shape index (κ3) is 8.28. The Morgan fingerprint density at radius 1 is 1.07 bits per heavy atom. The smallest absolute Gasteiger partial charge is 0.159 e. The predicted molar refractivity (Wildman–Crippen MR) is 128 cm³/mol. The van der Waals surface area contributed by atoms with Gasteiger partial charge in [0.05, 0.1) is 5.70 Å². The minimum Gasteiger partial charge on any atom is -0.245 e. The zero-order valence-corrected chi connectivity index (χ0v) is 18.2. The number of aliphatic imine (C=N–C) groups is 2. The van der Waals surface area contributed by atoms with E-state index in [4.69, 9.17) is 0 Å². The lowest BCUT2D eigenvalue weighted by molar-refractivity contribution is 1.14. The minimum atomic E-state index is 0.538. The van der Waals surface area contributed by atoms with Crippen molar-refractivity contribution in [3.05, 3.63) is 119 Å². The highest BCUT2D eigenvalue weighted by molar-refractivity contribution is 9.10. The van der Waals surface area contributed by atoms with E-state index in [0.717, 1.165) is 22.0 Å². The Morgan fingerprint density at radius 2 is 1.71 bits per heavy atom. The van der Waals surface area contributed by atoms with Gasteiger partial charge in [0.15, 0.2) is 5.84 Å². The highest BCUT2D eigenvalue weighted by atomic mass is 79.9. The molecular formula is C25H27BrN2. The quantitative estimate of drug-likeness (QED) is 0.258. The van der Waals surface area contributed by atoms with Crippen LogP contribution in [-0.4, -0.2) is 12.6 Å². The molecule has 0 N–H and O–H groups in total. The van der Waals surface area contributed by atoms with Gasteiger partial charge in [0, 0.05) is 10.0 Å². The van der Waals surface area contributed by atoms with E-state index in [1.165, 1.54) is 5.56 Å². The Bertz CT molecular complexity index is 857. The molecule has 0 aliphatic rings. The van der Waals surface area contributed by atoms with Gasteiger partial charge in [-0.05, 0) is 43.3 Å². The number of nitrogens with zero attached hydrogens (tertiary/aromatic N) is 2. The van der Waals surface area contributed by atoms with E-state index in [-0.39, 0.29) is 0 Å². The second-order valence-electron chi connectivity index (χ2n) is 5.74. The lowest BCUT2D eigenvalue weighted by Crippen LogP contribution is -1.97. The average Bonchev–Trinajstić information content (AvgIpc) is 2.74. The highest BCUT2D eigenvalue weighted by Gasteiger charge is 2.03. The Kier molecular flexibility index (Phi) is 11.1. The van der Waals surface area contributed by atoms with E-state index in [0.29, 0.717) is 11.5 Å². The number of amidine groups is 1. The lowest BCUT2D eigenvalue weighted by Gasteiger charge is -2.04. The standard InChI is InChI=1S/C17H17BrN2.C8H10/c1-5-7-8-14(6-2)13(3)20-17(19-4)15-9-11-16(18)12-10-15;1-2-8-6-4-3-5-7-8/h5-12H,2-4H2,1H3;3-7H,2H2,1H3/b7-5-,14-8+,20-17?;. The van der Waals surface area contributed by atoms with Gasteiger partial charge in [-0.15, -0.1) is 0 Å². The van der Waals surface area contributed by atoms with Crippen molar-refractivity contribution in [2.45, 2.75) is 20.3 Å². The van der Waals surface area contributed by atoms with Gasteiger partial charge >= 0.3 is 0 Å². The maximum absolute atomic E-state index is 4.42. The molecule has 0 aromatic heterocycles. The third-order valence-electron chi connectivity index (χ3n) is 3.77. The molecule has 0 aliphatic heterocycles. The van der Waals surface area contributed by atoms with Gasteiger partial charge in [-0.25, -0.2) is 9.98 Å². The summed E-state index contributed by atoms with van der Waals surface area (Å²) in [6, 6.07) is 18.2. The number of halogens is 1. The second-order valence-corrected chi connectivity index (χ2v) is 6.65. The monoisotopic (exact) mass is 434 g/mol. The summed E-state index contributed by atoms with van der Waals surface area (Å²) in [6.07, 6.45) is 8.61. The van der Waals surface area contributed by atoms with Crippen LogP contribution in [0.4, 0.5) is 0 Å². The number of rotatable bonds is 6. The van der Waals surface area contributed by atoms with E-state index in [1.807, 2.05) is 55.5 Å². The van der Waals surface area contributed by atoms with Crippen molar-refractivity contribution in [1.82, 2.24) is 0 Å². The molecule has 0 amide bonds. The molecule has 0 radical (unpaired) electrons. The van der Waals surface area contributed by atoms with Crippen molar-refractivity contribution < 1.29 is 0 Å². The average molecular weight is 435 g/mol. The molecule has 3 heteroatoms. The van der Waals surface area contributed by atoms with Crippen LogP contribution in [0.2, 0.25) is 0 Å². The van der Waals surface area contributed by atoms with E-state index in [2.05, 4.69) is 77.0 Å². The number of aryl methyl sites for hydroxylation is 1. The molecule has 0 fully saturated rings. The van der Waals surface area contributed by atoms with Crippen LogP contribution in [0, 0.1) is 0 Å². The summed E-state index contributed by atoms with van der Waals surface area (Å²) in [5.74, 6) is 0.538. The summed E-state index contributed by atoms with van der Waals surface area (Å²) >= 11 is 3.40. The van der Waals surface area contributed by atoms with E-state index < -0.39 is 0 Å². The summed E-state index contributed by atoms with van der Waals surface area (Å²) in [5, 5.41) is 0. The fourth-order valence-corrected chi connectivity index (χ4v) is 2.44. The molecule has 2 aromatic carbocycles. The van der Waals surface area contributed by atoms with Gasteiger partial charge in [0.1, 0.15) is 0 Å². The van der Waals surface area contributed by atoms with Gasteiger partial charge in [-0.1, -0.05) is 103 Å². The van der Waals surface area contributed by atoms with Gasteiger partial charge in [0.25, 0.3) is 0 Å². The largest absolute Gasteiger partial charge is 0.245 e. The van der Waals surface area contributed by atoms with E-state index >= 15 is 0 Å². The predicted octanol–water partition coefficient (Wildman–Crippen LogP) is 7.35. The normalized spacial score (nSPS) is 11.5. The molecule has 2 rings (SSSR count). The third-order valence-corrected chi connectivity index (χ3v) is 4.29. The van der Waals surface area contributed by atoms with E-state index in [9.17, 15) is 0 Å². The zero-order chi connectivity index (χ0) is 20.8. The number of allylic oxidation sites excluding steroid dienone is 4. The Balaban J connectivity index is 0.000000406. The Hall–Kier alpha value is -2.78. The summed E-state index contributed by atoms with van der Waals surface area (Å²) in [7, 11) is 0. The molecule has 0 saturated heterocycles. The van der Waals surface area contributed by atoms with Crippen LogP contribution in [0.3, 0.4) is 0 Å². The number of benzene rings is 2. The Morgan fingerprint density at radius 3 is 2.18 bits per heavy atom. The van der Waals surface area contributed by atoms with Crippen molar-refractivity contribution in [2.24, 2.45) is 9.98 Å². The van der Waals surface area contributed by atoms with Gasteiger partial charge in [0.2, 0.25) is 0 Å². The molecule has 144 valence electrons. The van der Waals surface area contributed by atoms with Crippen molar-refractivity contribution in [2.75, 3.05) is 0 Å². The topological polar surface area (TPSA) is 24.7 Å². The first kappa shape index (κ1) is 23.3. The summed E-state index contributed by atoms with van der Waals surface area (Å²) in [4.78, 5) is 8.39. The van der Waals surface area contributed by atoms with Crippen molar-refractivity contribution in [3.63, 3.8) is 0 Å². The second kappa shape index (κ2) is 13.4. The first-order valence-electron chi connectivity index (χ1n) is 9.05. The molecule has 0 heterocycles. The van der Waals surface area contributed by atoms with E-state index in [1.54, 1.807) is 6.08 Å². The molecule has 0 aliphatic carbocycles. The van der Waals surface area contributed by atoms with Crippen LogP contribution in [-0.2, 0) is 6.42 Å². The molecule has 0 spiro atoms. The number of hydrogen-bond donors (Lipinski definition) is 0. The van der Waals surface area contributed by atoms with Crippen LogP contribution in [0.1, 0.15) is 25.0 Å². The molecular weight excluding hydrogens is 408 g/mol. The molecule has 0 atom stereocenters.